The van der Waals surface area contributed by atoms with E-state index in [9.17, 15) is 13.9 Å². The van der Waals surface area contributed by atoms with E-state index in [1.165, 1.54) is 24.1 Å². The number of hydrogen-bond acceptors (Lipinski definition) is 2. The van der Waals surface area contributed by atoms with Gasteiger partial charge in [0.25, 0.3) is 0 Å². The van der Waals surface area contributed by atoms with Crippen LogP contribution in [-0.2, 0) is 6.42 Å². The predicted octanol–water partition coefficient (Wildman–Crippen LogP) is 3.81. The Labute approximate surface area is 117 Å². The fourth-order valence-corrected chi connectivity index (χ4v) is 2.19. The summed E-state index contributed by atoms with van der Waals surface area (Å²) >= 11 is 0. The number of halogens is 2. The number of nitrogens with zero attached hydrogens (tertiary/aromatic N) is 1. The summed E-state index contributed by atoms with van der Waals surface area (Å²) in [5.41, 5.74) is 2.12. The lowest BCUT2D eigenvalue weighted by molar-refractivity contribution is 0.162. The molecule has 0 saturated heterocycles. The molecule has 0 saturated carbocycles. The summed E-state index contributed by atoms with van der Waals surface area (Å²) in [7, 11) is 0. The average molecular weight is 277 g/mol. The maximum absolute atomic E-state index is 11.9. The van der Waals surface area contributed by atoms with Crippen LogP contribution in [0.1, 0.15) is 36.6 Å². The fraction of sp³-hybridized carbons (Fsp3) is 0.312. The first-order chi connectivity index (χ1) is 9.68. The van der Waals surface area contributed by atoms with E-state index in [1.807, 2.05) is 6.07 Å². The van der Waals surface area contributed by atoms with E-state index in [2.05, 4.69) is 11.1 Å². The Balaban J connectivity index is 0.000000160. The molecule has 1 aromatic heterocycles. The zero-order chi connectivity index (χ0) is 14.4. The molecule has 106 valence electrons. The number of fused-ring (bicyclic) bond motifs is 1. The second-order valence-corrected chi connectivity index (χ2v) is 4.72. The van der Waals surface area contributed by atoms with Crippen molar-refractivity contribution < 1.29 is 13.9 Å². The lowest BCUT2D eigenvalue weighted by Gasteiger charge is -2.08. The highest BCUT2D eigenvalue weighted by Crippen LogP contribution is 2.25. The quantitative estimate of drug-likeness (QED) is 0.743. The molecule has 0 amide bonds. The highest BCUT2D eigenvalue weighted by molar-refractivity contribution is 5.22. The Hall–Kier alpha value is -1.81. The van der Waals surface area contributed by atoms with E-state index >= 15 is 0 Å². The summed E-state index contributed by atoms with van der Waals surface area (Å²) in [5.74, 6) is -1.60. The minimum absolute atomic E-state index is 0.330. The van der Waals surface area contributed by atoms with Crippen LogP contribution in [0.2, 0.25) is 0 Å². The molecule has 4 heteroatoms. The first kappa shape index (κ1) is 14.6. The van der Waals surface area contributed by atoms with Crippen LogP contribution < -0.4 is 0 Å². The number of aliphatic hydroxyl groups excluding tert-OH is 1. The third-order valence-electron chi connectivity index (χ3n) is 3.24. The Morgan fingerprint density at radius 1 is 1.00 bits per heavy atom. The molecule has 1 N–H and O–H groups in total. The molecule has 0 radical (unpaired) electrons. The predicted molar refractivity (Wildman–Crippen MR) is 73.1 cm³/mol. The van der Waals surface area contributed by atoms with Crippen molar-refractivity contribution in [2.75, 3.05) is 0 Å². The molecule has 1 unspecified atom stereocenters. The number of aryl methyl sites for hydroxylation is 1. The van der Waals surface area contributed by atoms with Gasteiger partial charge in [0.1, 0.15) is 0 Å². The van der Waals surface area contributed by atoms with Gasteiger partial charge in [-0.15, -0.1) is 0 Å². The summed E-state index contributed by atoms with van der Waals surface area (Å²) in [6.45, 7) is 0. The molecule has 1 atom stereocenters. The van der Waals surface area contributed by atoms with Crippen LogP contribution in [0.25, 0.3) is 0 Å². The minimum atomic E-state index is -0.799. The van der Waals surface area contributed by atoms with Gasteiger partial charge in [0.2, 0.25) is 0 Å². The summed E-state index contributed by atoms with van der Waals surface area (Å²) in [4.78, 5) is 4.21. The van der Waals surface area contributed by atoms with Gasteiger partial charge in [0, 0.05) is 6.20 Å². The van der Waals surface area contributed by atoms with E-state index in [1.54, 1.807) is 6.20 Å². The molecule has 1 aromatic carbocycles. The normalized spacial score (nSPS) is 17.4. The molecule has 1 heterocycles. The van der Waals surface area contributed by atoms with Gasteiger partial charge in [0.05, 0.1) is 11.8 Å². The summed E-state index contributed by atoms with van der Waals surface area (Å²) in [6.07, 6.45) is 5.65. The van der Waals surface area contributed by atoms with Crippen LogP contribution in [0.3, 0.4) is 0 Å². The van der Waals surface area contributed by atoms with Gasteiger partial charge in [-0.2, -0.15) is 0 Å². The summed E-state index contributed by atoms with van der Waals surface area (Å²) in [6, 6.07) is 9.05. The molecular weight excluding hydrogens is 260 g/mol. The van der Waals surface area contributed by atoms with Gasteiger partial charge >= 0.3 is 0 Å². The Morgan fingerprint density at radius 3 is 2.35 bits per heavy atom. The number of hydrogen-bond donors (Lipinski definition) is 1. The molecule has 0 aliphatic heterocycles. The monoisotopic (exact) mass is 277 g/mol. The number of aromatic nitrogens is 1. The molecule has 20 heavy (non-hydrogen) atoms. The molecule has 0 fully saturated rings. The minimum Gasteiger partial charge on any atom is -0.387 e. The average Bonchev–Trinajstić information content (AvgIpc) is 2.65. The van der Waals surface area contributed by atoms with Crippen molar-refractivity contribution in [3.05, 3.63) is 65.5 Å². The highest BCUT2D eigenvalue weighted by Gasteiger charge is 2.16. The number of benzene rings is 1. The van der Waals surface area contributed by atoms with Gasteiger partial charge in [-0.25, -0.2) is 8.78 Å². The van der Waals surface area contributed by atoms with Gasteiger partial charge in [-0.1, -0.05) is 24.6 Å². The Bertz CT molecular complexity index is 539. The van der Waals surface area contributed by atoms with Crippen molar-refractivity contribution in [2.24, 2.45) is 0 Å². The third-order valence-corrected chi connectivity index (χ3v) is 3.24. The van der Waals surface area contributed by atoms with Gasteiger partial charge in [0.15, 0.2) is 11.6 Å². The molecule has 0 bridgehead atoms. The summed E-state index contributed by atoms with van der Waals surface area (Å²) in [5, 5.41) is 9.68. The van der Waals surface area contributed by atoms with Gasteiger partial charge < -0.3 is 5.11 Å². The highest BCUT2D eigenvalue weighted by atomic mass is 19.2. The van der Waals surface area contributed by atoms with E-state index in [-0.39, 0.29) is 6.10 Å². The Morgan fingerprint density at radius 2 is 1.70 bits per heavy atom. The van der Waals surface area contributed by atoms with Crippen LogP contribution in [0.4, 0.5) is 8.78 Å². The topological polar surface area (TPSA) is 33.1 Å². The standard InChI is InChI=1S/C10H13NO.C6H4F2/c12-9-6-2-1-4-8-5-3-7-11-10(8)9;7-5-3-1-2-4-6(5)8/h3,5,7,9,12H,1-2,4,6H2;1-4H. The second-order valence-electron chi connectivity index (χ2n) is 4.72. The fourth-order valence-electron chi connectivity index (χ4n) is 2.19. The Kier molecular flexibility index (Phi) is 5.18. The largest absolute Gasteiger partial charge is 0.387 e. The van der Waals surface area contributed by atoms with Crippen LogP contribution >= 0.6 is 0 Å². The number of aliphatic hydroxyl groups is 1. The van der Waals surface area contributed by atoms with E-state index < -0.39 is 11.6 Å². The molecule has 3 rings (SSSR count). The molecule has 1 aliphatic rings. The van der Waals surface area contributed by atoms with Crippen molar-refractivity contribution in [1.29, 1.82) is 0 Å². The zero-order valence-corrected chi connectivity index (χ0v) is 11.1. The van der Waals surface area contributed by atoms with Crippen LogP contribution in [0.5, 0.6) is 0 Å². The molecular formula is C16H17F2NO. The summed E-state index contributed by atoms with van der Waals surface area (Å²) < 4.78 is 23.9. The van der Waals surface area contributed by atoms with Gasteiger partial charge in [-0.05, 0) is 43.0 Å². The smallest absolute Gasteiger partial charge is 0.158 e. The van der Waals surface area contributed by atoms with Crippen molar-refractivity contribution >= 4 is 0 Å². The first-order valence-corrected chi connectivity index (χ1v) is 6.70. The molecule has 1 aliphatic carbocycles. The first-order valence-electron chi connectivity index (χ1n) is 6.70. The van der Waals surface area contributed by atoms with E-state index in [0.29, 0.717) is 0 Å². The third kappa shape index (κ3) is 3.84. The van der Waals surface area contributed by atoms with E-state index in [0.717, 1.165) is 37.1 Å². The molecule has 2 aromatic rings. The lowest BCUT2D eigenvalue weighted by Crippen LogP contribution is -2.01. The van der Waals surface area contributed by atoms with Crippen molar-refractivity contribution in [3.63, 3.8) is 0 Å². The van der Waals surface area contributed by atoms with Gasteiger partial charge in [-0.3, -0.25) is 4.98 Å². The lowest BCUT2D eigenvalue weighted by atomic mass is 10.1. The second kappa shape index (κ2) is 7.10. The number of pyridine rings is 1. The van der Waals surface area contributed by atoms with Crippen LogP contribution in [-0.4, -0.2) is 10.1 Å². The van der Waals surface area contributed by atoms with Crippen LogP contribution in [0.15, 0.2) is 42.6 Å². The van der Waals surface area contributed by atoms with Crippen LogP contribution in [0, 0.1) is 11.6 Å². The van der Waals surface area contributed by atoms with E-state index in [4.69, 9.17) is 0 Å². The van der Waals surface area contributed by atoms with Crippen molar-refractivity contribution in [2.45, 2.75) is 31.8 Å². The number of rotatable bonds is 0. The zero-order valence-electron chi connectivity index (χ0n) is 11.1. The van der Waals surface area contributed by atoms with Crippen molar-refractivity contribution in [3.8, 4) is 0 Å². The van der Waals surface area contributed by atoms with Crippen molar-refractivity contribution in [1.82, 2.24) is 4.98 Å². The maximum Gasteiger partial charge on any atom is 0.158 e. The SMILES string of the molecule is Fc1ccccc1F.OC1CCCCc2cccnc21. The molecule has 2 nitrogen and oxygen atoms in total. The maximum atomic E-state index is 11.9. The molecule has 0 spiro atoms.